The lowest BCUT2D eigenvalue weighted by Crippen LogP contribution is -2.34. The van der Waals surface area contributed by atoms with Crippen LogP contribution in [0.2, 0.25) is 0 Å². The molecule has 3 atom stereocenters. The summed E-state index contributed by atoms with van der Waals surface area (Å²) in [5, 5.41) is 10.6. The standard InChI is InChI=1S/C19H31NO.C18H27NO/c1-8-14-10-20(13(6)7)15-9-16(21)17(11(2)3)18(12(4)5)19(14)15;1-10(2)16-14(20)7-15-18(17(16)11(3)4)8-13(18)9-19(15)12(5)6/h9,11-14,21H,8,10H2,1-7H3;7,10-13H,8-9H2,1-6H3. The summed E-state index contributed by atoms with van der Waals surface area (Å²) in [6.45, 7) is 31.2. The fourth-order valence-corrected chi connectivity index (χ4v) is 8.47. The van der Waals surface area contributed by atoms with Crippen LogP contribution < -0.4 is 4.90 Å². The number of anilines is 1. The van der Waals surface area contributed by atoms with Crippen LogP contribution in [0.1, 0.15) is 137 Å². The van der Waals surface area contributed by atoms with Crippen molar-refractivity contribution >= 4 is 11.5 Å². The number of carbonyl (C=O) groups excluding carboxylic acids is 1. The second-order valence-electron chi connectivity index (χ2n) is 15.0. The van der Waals surface area contributed by atoms with Crippen LogP contribution in [-0.2, 0) is 4.79 Å². The quantitative estimate of drug-likeness (QED) is 0.360. The number of carbonyl (C=O) groups is 1. The fraction of sp³-hybridized carbons (Fsp3) is 0.703. The first-order valence-electron chi connectivity index (χ1n) is 16.5. The Morgan fingerprint density at radius 2 is 1.41 bits per heavy atom. The Morgan fingerprint density at radius 1 is 0.829 bits per heavy atom. The number of aromatic hydroxyl groups is 1. The molecule has 1 aromatic rings. The van der Waals surface area contributed by atoms with E-state index in [2.05, 4.69) is 99.8 Å². The van der Waals surface area contributed by atoms with Gasteiger partial charge in [-0.25, -0.2) is 0 Å². The van der Waals surface area contributed by atoms with Gasteiger partial charge >= 0.3 is 0 Å². The van der Waals surface area contributed by atoms with Crippen LogP contribution in [-0.4, -0.2) is 41.0 Å². The van der Waals surface area contributed by atoms with Crippen molar-refractivity contribution in [2.24, 2.45) is 23.2 Å². The zero-order valence-electron chi connectivity index (χ0n) is 28.4. The van der Waals surface area contributed by atoms with Gasteiger partial charge in [0, 0.05) is 71.2 Å². The third kappa shape index (κ3) is 5.16. The first kappa shape index (κ1) is 31.7. The molecule has 0 aromatic heterocycles. The molecule has 4 nitrogen and oxygen atoms in total. The number of ketones is 1. The average molecular weight is 563 g/mol. The van der Waals surface area contributed by atoms with Gasteiger partial charge in [0.1, 0.15) is 5.75 Å². The van der Waals surface area contributed by atoms with E-state index in [0.29, 0.717) is 47.4 Å². The monoisotopic (exact) mass is 562 g/mol. The number of likely N-dealkylation sites (tertiary alicyclic amines) is 1. The highest BCUT2D eigenvalue weighted by Gasteiger charge is 2.67. The van der Waals surface area contributed by atoms with E-state index < -0.39 is 0 Å². The Morgan fingerprint density at radius 3 is 1.88 bits per heavy atom. The van der Waals surface area contributed by atoms with Crippen molar-refractivity contribution in [3.05, 3.63) is 45.7 Å². The molecule has 1 spiro atoms. The maximum Gasteiger partial charge on any atom is 0.183 e. The number of phenols is 1. The van der Waals surface area contributed by atoms with Crippen molar-refractivity contribution in [1.29, 1.82) is 0 Å². The average Bonchev–Trinajstić information content (AvgIpc) is 3.28. The molecule has 1 saturated carbocycles. The largest absolute Gasteiger partial charge is 0.508 e. The van der Waals surface area contributed by atoms with Crippen LogP contribution in [0.4, 0.5) is 5.69 Å². The summed E-state index contributed by atoms with van der Waals surface area (Å²) in [7, 11) is 0. The molecule has 1 saturated heterocycles. The zero-order valence-corrected chi connectivity index (χ0v) is 28.4. The van der Waals surface area contributed by atoms with Gasteiger partial charge in [-0.2, -0.15) is 0 Å². The molecule has 1 N–H and O–H groups in total. The smallest absolute Gasteiger partial charge is 0.183 e. The minimum atomic E-state index is 0.228. The number of piperidine rings is 1. The topological polar surface area (TPSA) is 43.8 Å². The molecule has 4 aliphatic rings. The summed E-state index contributed by atoms with van der Waals surface area (Å²) in [5.41, 5.74) is 9.45. The van der Waals surface area contributed by atoms with Crippen LogP contribution in [0.25, 0.3) is 0 Å². The predicted molar refractivity (Wildman–Crippen MR) is 174 cm³/mol. The summed E-state index contributed by atoms with van der Waals surface area (Å²) in [6.07, 6.45) is 4.39. The van der Waals surface area contributed by atoms with Crippen molar-refractivity contribution in [3.8, 4) is 5.75 Å². The normalized spacial score (nSPS) is 25.0. The first-order valence-corrected chi connectivity index (χ1v) is 16.5. The van der Waals surface area contributed by atoms with E-state index in [4.69, 9.17) is 0 Å². The molecule has 4 heteroatoms. The highest BCUT2D eigenvalue weighted by Crippen LogP contribution is 2.71. The van der Waals surface area contributed by atoms with Crippen LogP contribution in [0.5, 0.6) is 5.75 Å². The van der Waals surface area contributed by atoms with Gasteiger partial charge in [0.2, 0.25) is 0 Å². The molecule has 0 bridgehead atoms. The number of phenolic OH excluding ortho intramolecular Hbond substituents is 1. The van der Waals surface area contributed by atoms with Crippen molar-refractivity contribution in [3.63, 3.8) is 0 Å². The van der Waals surface area contributed by atoms with E-state index in [9.17, 15) is 9.90 Å². The Hall–Kier alpha value is -2.23. The number of rotatable bonds is 7. The zero-order chi connectivity index (χ0) is 30.7. The van der Waals surface area contributed by atoms with Crippen LogP contribution in [0.3, 0.4) is 0 Å². The van der Waals surface area contributed by atoms with Gasteiger partial charge < -0.3 is 14.9 Å². The summed E-state index contributed by atoms with van der Waals surface area (Å²) >= 11 is 0. The van der Waals surface area contributed by atoms with Gasteiger partial charge in [0.25, 0.3) is 0 Å². The van der Waals surface area contributed by atoms with E-state index in [1.807, 2.05) is 12.1 Å². The second kappa shape index (κ2) is 11.5. The van der Waals surface area contributed by atoms with Gasteiger partial charge in [-0.15, -0.1) is 0 Å². The van der Waals surface area contributed by atoms with Crippen molar-refractivity contribution in [2.75, 3.05) is 18.0 Å². The van der Waals surface area contributed by atoms with E-state index >= 15 is 0 Å². The Kier molecular flexibility index (Phi) is 8.86. The van der Waals surface area contributed by atoms with E-state index in [1.165, 1.54) is 34.5 Å². The molecule has 2 fully saturated rings. The lowest BCUT2D eigenvalue weighted by atomic mass is 9.73. The van der Waals surface area contributed by atoms with Crippen molar-refractivity contribution in [2.45, 2.75) is 133 Å². The molecule has 2 aliphatic carbocycles. The number of benzene rings is 1. The number of hydrogen-bond acceptors (Lipinski definition) is 4. The first-order chi connectivity index (χ1) is 19.1. The van der Waals surface area contributed by atoms with Crippen LogP contribution >= 0.6 is 0 Å². The number of fused-ring (bicyclic) bond motifs is 1. The molecule has 5 rings (SSSR count). The molecule has 2 heterocycles. The van der Waals surface area contributed by atoms with Crippen molar-refractivity contribution < 1.29 is 9.90 Å². The SMILES string of the molecule is CC(C)C1=C(C(C)C)C23CC2CN(C(C)C)C3=CC1=O.CCC1CN(C(C)C)c2cc(O)c(C(C)C)c(C(C)C)c21. The van der Waals surface area contributed by atoms with E-state index in [-0.39, 0.29) is 11.2 Å². The minimum absolute atomic E-state index is 0.228. The third-order valence-electron chi connectivity index (χ3n) is 10.2. The number of allylic oxidation sites excluding steroid dienone is 3. The van der Waals surface area contributed by atoms with Gasteiger partial charge in [0.05, 0.1) is 0 Å². The van der Waals surface area contributed by atoms with Gasteiger partial charge in [0.15, 0.2) is 5.78 Å². The van der Waals surface area contributed by atoms with Crippen LogP contribution in [0.15, 0.2) is 29.0 Å². The number of nitrogens with zero attached hydrogens (tertiary/aromatic N) is 2. The molecular weight excluding hydrogens is 504 g/mol. The Balaban J connectivity index is 0.000000189. The molecule has 3 unspecified atom stereocenters. The molecule has 0 amide bonds. The Labute approximate surface area is 251 Å². The molecule has 228 valence electrons. The lowest BCUT2D eigenvalue weighted by molar-refractivity contribution is -0.112. The minimum Gasteiger partial charge on any atom is -0.508 e. The summed E-state index contributed by atoms with van der Waals surface area (Å²) in [5.74, 6) is 3.70. The maximum absolute atomic E-state index is 12.7. The molecular formula is C37H58N2O2. The highest BCUT2D eigenvalue weighted by molar-refractivity contribution is 6.07. The van der Waals surface area contributed by atoms with E-state index in [0.717, 1.165) is 36.6 Å². The Bertz CT molecular complexity index is 1230. The van der Waals surface area contributed by atoms with Gasteiger partial charge in [-0.3, -0.25) is 4.79 Å². The second-order valence-corrected chi connectivity index (χ2v) is 15.0. The lowest BCUT2D eigenvalue weighted by Gasteiger charge is -2.36. The van der Waals surface area contributed by atoms with Gasteiger partial charge in [-0.1, -0.05) is 62.3 Å². The molecule has 0 radical (unpaired) electrons. The van der Waals surface area contributed by atoms with Crippen LogP contribution in [0, 0.1) is 23.2 Å². The third-order valence-corrected chi connectivity index (χ3v) is 10.2. The fourth-order valence-electron chi connectivity index (χ4n) is 8.47. The van der Waals surface area contributed by atoms with E-state index in [1.54, 1.807) is 0 Å². The van der Waals surface area contributed by atoms with Crippen molar-refractivity contribution in [1.82, 2.24) is 4.90 Å². The van der Waals surface area contributed by atoms with Gasteiger partial charge in [-0.05, 0) is 86.8 Å². The molecule has 2 aliphatic heterocycles. The summed E-state index contributed by atoms with van der Waals surface area (Å²) in [4.78, 5) is 17.6. The number of hydrogen-bond donors (Lipinski definition) is 1. The molecule has 41 heavy (non-hydrogen) atoms. The molecule has 1 aromatic carbocycles. The predicted octanol–water partition coefficient (Wildman–Crippen LogP) is 9.15. The highest BCUT2D eigenvalue weighted by atomic mass is 16.3. The summed E-state index contributed by atoms with van der Waals surface area (Å²) in [6, 6.07) is 2.99. The summed E-state index contributed by atoms with van der Waals surface area (Å²) < 4.78 is 0. The maximum atomic E-state index is 12.7.